The van der Waals surface area contributed by atoms with Gasteiger partial charge < -0.3 is 10.2 Å². The second-order valence-electron chi connectivity index (χ2n) is 3.34. The summed E-state index contributed by atoms with van der Waals surface area (Å²) >= 11 is 5.94. The third-order valence-electron chi connectivity index (χ3n) is 2.29. The van der Waals surface area contributed by atoms with Gasteiger partial charge in [-0.1, -0.05) is 17.7 Å². The first-order chi connectivity index (χ1) is 7.66. The first-order valence-corrected chi connectivity index (χ1v) is 4.91. The van der Waals surface area contributed by atoms with E-state index in [4.69, 9.17) is 21.8 Å². The third kappa shape index (κ3) is 1.12. The van der Waals surface area contributed by atoms with Gasteiger partial charge >= 0.3 is 0 Å². The molecule has 0 saturated heterocycles. The van der Waals surface area contributed by atoms with E-state index in [1.807, 2.05) is 0 Å². The Balaban J connectivity index is 2.66. The molecule has 0 amide bonds. The first-order valence-electron chi connectivity index (χ1n) is 4.53. The molecular weight excluding hydrogens is 230 g/mol. The lowest BCUT2D eigenvalue weighted by molar-refractivity contribution is 0.616. The SMILES string of the molecule is Nc1cc2oc3cccc(Cl)c3c(=O)n2n1. The van der Waals surface area contributed by atoms with Crippen molar-refractivity contribution in [3.05, 3.63) is 39.6 Å². The van der Waals surface area contributed by atoms with E-state index in [2.05, 4.69) is 5.10 Å². The quantitative estimate of drug-likeness (QED) is 0.643. The Bertz CT molecular complexity index is 760. The molecule has 16 heavy (non-hydrogen) atoms. The van der Waals surface area contributed by atoms with Crippen LogP contribution in [0.25, 0.3) is 16.7 Å². The Labute approximate surface area is 94.0 Å². The highest BCUT2D eigenvalue weighted by Gasteiger charge is 2.11. The summed E-state index contributed by atoms with van der Waals surface area (Å²) in [5.74, 6) is 0.229. The number of anilines is 1. The fraction of sp³-hybridized carbons (Fsp3) is 0. The minimum Gasteiger partial charge on any atom is -0.438 e. The van der Waals surface area contributed by atoms with Crippen LogP contribution in [-0.4, -0.2) is 9.61 Å². The molecule has 2 N–H and O–H groups in total. The van der Waals surface area contributed by atoms with Crippen LogP contribution in [0.4, 0.5) is 5.82 Å². The average Bonchev–Trinajstić information content (AvgIpc) is 2.59. The van der Waals surface area contributed by atoms with Gasteiger partial charge in [-0.3, -0.25) is 4.79 Å². The van der Waals surface area contributed by atoms with Crippen LogP contribution in [0.5, 0.6) is 0 Å². The minimum absolute atomic E-state index is 0.229. The van der Waals surface area contributed by atoms with Crippen molar-refractivity contribution in [1.82, 2.24) is 9.61 Å². The molecule has 0 aliphatic carbocycles. The fourth-order valence-corrected chi connectivity index (χ4v) is 1.86. The summed E-state index contributed by atoms with van der Waals surface area (Å²) in [4.78, 5) is 12.0. The predicted molar refractivity (Wildman–Crippen MR) is 60.7 cm³/mol. The normalized spacial score (nSPS) is 11.3. The molecule has 0 spiro atoms. The van der Waals surface area contributed by atoms with Crippen LogP contribution in [0.1, 0.15) is 0 Å². The Kier molecular flexibility index (Phi) is 1.73. The Morgan fingerprint density at radius 1 is 1.44 bits per heavy atom. The standard InChI is InChI=1S/C10H6ClN3O2/c11-5-2-1-3-6-9(5)10(15)14-8(16-6)4-7(12)13-14/h1-4H,(H2,12,13). The lowest BCUT2D eigenvalue weighted by Gasteiger charge is -1.99. The average molecular weight is 236 g/mol. The van der Waals surface area contributed by atoms with Crippen molar-refractivity contribution in [3.8, 4) is 0 Å². The van der Waals surface area contributed by atoms with Crippen LogP contribution < -0.4 is 11.3 Å². The molecule has 1 aromatic carbocycles. The number of halogens is 1. The first kappa shape index (κ1) is 9.23. The van der Waals surface area contributed by atoms with E-state index >= 15 is 0 Å². The van der Waals surface area contributed by atoms with E-state index < -0.39 is 0 Å². The number of benzene rings is 1. The van der Waals surface area contributed by atoms with E-state index in [1.165, 1.54) is 6.07 Å². The number of aromatic nitrogens is 2. The largest absolute Gasteiger partial charge is 0.438 e. The topological polar surface area (TPSA) is 73.5 Å². The summed E-state index contributed by atoms with van der Waals surface area (Å²) < 4.78 is 6.57. The highest BCUT2D eigenvalue weighted by molar-refractivity contribution is 6.35. The van der Waals surface area contributed by atoms with Crippen LogP contribution in [0.2, 0.25) is 5.02 Å². The molecule has 5 nitrogen and oxygen atoms in total. The molecule has 3 aromatic rings. The molecule has 0 aliphatic heterocycles. The fourth-order valence-electron chi connectivity index (χ4n) is 1.61. The summed E-state index contributed by atoms with van der Waals surface area (Å²) in [6.07, 6.45) is 0. The number of nitrogens with two attached hydrogens (primary N) is 1. The molecule has 2 aromatic heterocycles. The molecule has 0 aliphatic rings. The number of hydrogen-bond donors (Lipinski definition) is 1. The molecule has 2 heterocycles. The second kappa shape index (κ2) is 2.99. The summed E-state index contributed by atoms with van der Waals surface area (Å²) in [5, 5.41) is 4.47. The lowest BCUT2D eigenvalue weighted by Crippen LogP contribution is -2.14. The van der Waals surface area contributed by atoms with Gasteiger partial charge in [0, 0.05) is 6.07 Å². The van der Waals surface area contributed by atoms with Gasteiger partial charge in [0.05, 0.1) is 5.02 Å². The maximum absolute atomic E-state index is 12.0. The van der Waals surface area contributed by atoms with Gasteiger partial charge in [0.25, 0.3) is 5.56 Å². The van der Waals surface area contributed by atoms with Crippen LogP contribution in [0.3, 0.4) is 0 Å². The number of hydrogen-bond acceptors (Lipinski definition) is 4. The number of nitrogen functional groups attached to an aromatic ring is 1. The minimum atomic E-state index is -0.335. The van der Waals surface area contributed by atoms with Crippen LogP contribution >= 0.6 is 11.6 Å². The summed E-state index contributed by atoms with van der Waals surface area (Å²) in [6.45, 7) is 0. The highest BCUT2D eigenvalue weighted by atomic mass is 35.5. The van der Waals surface area contributed by atoms with Gasteiger partial charge in [-0.2, -0.15) is 4.52 Å². The van der Waals surface area contributed by atoms with Gasteiger partial charge in [0.2, 0.25) is 5.71 Å². The van der Waals surface area contributed by atoms with Crippen molar-refractivity contribution in [3.63, 3.8) is 0 Å². The third-order valence-corrected chi connectivity index (χ3v) is 2.61. The monoisotopic (exact) mass is 235 g/mol. The molecule has 0 saturated carbocycles. The Morgan fingerprint density at radius 3 is 3.06 bits per heavy atom. The zero-order chi connectivity index (χ0) is 11.3. The molecule has 0 atom stereocenters. The van der Waals surface area contributed by atoms with E-state index in [9.17, 15) is 4.79 Å². The summed E-state index contributed by atoms with van der Waals surface area (Å²) in [5.41, 5.74) is 5.89. The van der Waals surface area contributed by atoms with Gasteiger partial charge in [-0.25, -0.2) is 0 Å². The highest BCUT2D eigenvalue weighted by Crippen LogP contribution is 2.21. The maximum atomic E-state index is 12.0. The molecular formula is C10H6ClN3O2. The van der Waals surface area contributed by atoms with Crippen LogP contribution in [0.15, 0.2) is 33.5 Å². The second-order valence-corrected chi connectivity index (χ2v) is 3.75. The smallest absolute Gasteiger partial charge is 0.286 e. The Morgan fingerprint density at radius 2 is 2.25 bits per heavy atom. The van der Waals surface area contributed by atoms with Crippen molar-refractivity contribution in [1.29, 1.82) is 0 Å². The molecule has 0 bridgehead atoms. The van der Waals surface area contributed by atoms with Gasteiger partial charge in [0.15, 0.2) is 0 Å². The van der Waals surface area contributed by atoms with Crippen LogP contribution in [-0.2, 0) is 0 Å². The zero-order valence-electron chi connectivity index (χ0n) is 7.98. The molecule has 80 valence electrons. The zero-order valence-corrected chi connectivity index (χ0v) is 8.73. The number of fused-ring (bicyclic) bond motifs is 2. The van der Waals surface area contributed by atoms with E-state index in [1.54, 1.807) is 18.2 Å². The van der Waals surface area contributed by atoms with Gasteiger partial charge in [-0.05, 0) is 12.1 Å². The summed E-state index contributed by atoms with van der Waals surface area (Å²) in [6, 6.07) is 6.50. The molecule has 0 fully saturated rings. The lowest BCUT2D eigenvalue weighted by atomic mass is 10.2. The van der Waals surface area contributed by atoms with Gasteiger partial charge in [-0.15, -0.1) is 5.10 Å². The van der Waals surface area contributed by atoms with E-state index in [0.29, 0.717) is 21.7 Å². The van der Waals surface area contributed by atoms with Crippen molar-refractivity contribution < 1.29 is 4.42 Å². The Hall–Kier alpha value is -2.01. The van der Waals surface area contributed by atoms with Crippen LogP contribution in [0, 0.1) is 0 Å². The van der Waals surface area contributed by atoms with E-state index in [-0.39, 0.29) is 11.4 Å². The number of nitrogens with zero attached hydrogens (tertiary/aromatic N) is 2. The predicted octanol–water partition coefficient (Wildman–Crippen LogP) is 1.68. The maximum Gasteiger partial charge on any atom is 0.286 e. The molecule has 0 radical (unpaired) electrons. The molecule has 0 unspecified atom stereocenters. The van der Waals surface area contributed by atoms with Crippen molar-refractivity contribution in [2.75, 3.05) is 5.73 Å². The van der Waals surface area contributed by atoms with Crippen molar-refractivity contribution >= 4 is 34.1 Å². The molecule has 3 rings (SSSR count). The van der Waals surface area contributed by atoms with Crippen molar-refractivity contribution in [2.45, 2.75) is 0 Å². The van der Waals surface area contributed by atoms with Crippen molar-refractivity contribution in [2.24, 2.45) is 0 Å². The summed E-state index contributed by atoms with van der Waals surface area (Å²) in [7, 11) is 0. The molecule has 6 heteroatoms. The van der Waals surface area contributed by atoms with Gasteiger partial charge in [0.1, 0.15) is 16.8 Å². The van der Waals surface area contributed by atoms with E-state index in [0.717, 1.165) is 4.52 Å². The number of rotatable bonds is 0.